The van der Waals surface area contributed by atoms with Gasteiger partial charge in [0.1, 0.15) is 5.75 Å². The molecule has 0 bridgehead atoms. The number of ether oxygens (including phenoxy) is 1. The van der Waals surface area contributed by atoms with E-state index < -0.39 is 17.2 Å². The third-order valence-corrected chi connectivity index (χ3v) is 3.39. The first kappa shape index (κ1) is 17.1. The Balaban J connectivity index is 2.04. The molecule has 0 aliphatic carbocycles. The summed E-state index contributed by atoms with van der Waals surface area (Å²) in [5.41, 5.74) is 0.209. The summed E-state index contributed by atoms with van der Waals surface area (Å²) in [6.45, 7) is 2.11. The van der Waals surface area contributed by atoms with Crippen LogP contribution < -0.4 is 20.9 Å². The molecule has 0 heterocycles. The number of halogens is 3. The molecule has 4 nitrogen and oxygen atoms in total. The Morgan fingerprint density at radius 2 is 1.91 bits per heavy atom. The fraction of sp³-hybridized carbons (Fsp3) is 0.375. The summed E-state index contributed by atoms with van der Waals surface area (Å²) in [4.78, 5) is 23.1. The van der Waals surface area contributed by atoms with Crippen LogP contribution in [0.25, 0.3) is 0 Å². The van der Waals surface area contributed by atoms with E-state index >= 15 is 0 Å². The van der Waals surface area contributed by atoms with Gasteiger partial charge in [-0.2, -0.15) is 0 Å². The topological polar surface area (TPSA) is 55.4 Å². The number of rotatable bonds is 7. The monoisotopic (exact) mass is 327 g/mol. The highest BCUT2D eigenvalue weighted by atomic mass is 19.4. The molecule has 0 aliphatic heterocycles. The third-order valence-electron chi connectivity index (χ3n) is 3.39. The molecule has 0 radical (unpaired) electrons. The molecule has 0 saturated heterocycles. The maximum atomic E-state index is 12.2. The van der Waals surface area contributed by atoms with Gasteiger partial charge < -0.3 is 10.1 Å². The van der Waals surface area contributed by atoms with E-state index in [0.717, 1.165) is 12.8 Å². The highest BCUT2D eigenvalue weighted by molar-refractivity contribution is 5.56. The van der Waals surface area contributed by atoms with Gasteiger partial charge in [0, 0.05) is 12.1 Å². The Hall–Kier alpha value is -2.31. The van der Waals surface area contributed by atoms with Crippen LogP contribution in [-0.2, 0) is 13.0 Å². The van der Waals surface area contributed by atoms with Gasteiger partial charge in [-0.05, 0) is 30.5 Å². The van der Waals surface area contributed by atoms with Crippen molar-refractivity contribution in [2.24, 2.45) is 0 Å². The van der Waals surface area contributed by atoms with Gasteiger partial charge in [-0.15, -0.1) is 13.2 Å². The number of anilines is 1. The number of nitrogens with one attached hydrogen (secondary N) is 1. The Kier molecular flexibility index (Phi) is 5.08. The van der Waals surface area contributed by atoms with Gasteiger partial charge in [-0.25, -0.2) is 0 Å². The maximum Gasteiger partial charge on any atom is 0.573 e. The van der Waals surface area contributed by atoms with Crippen molar-refractivity contribution in [2.75, 3.05) is 5.32 Å². The zero-order chi connectivity index (χ0) is 17.0. The molecular formula is C16H16F3NO3. The van der Waals surface area contributed by atoms with E-state index in [1.54, 1.807) is 6.07 Å². The molecule has 2 aromatic carbocycles. The van der Waals surface area contributed by atoms with Crippen LogP contribution in [0.5, 0.6) is 5.75 Å². The first-order valence-electron chi connectivity index (χ1n) is 7.22. The second-order valence-electron chi connectivity index (χ2n) is 5.16. The quantitative estimate of drug-likeness (QED) is 0.794. The standard InChI is InChI=1S/C16H16F3NO3/c1-2-3-7-12-13(15(22)14(12)21)20-9-10-5-4-6-11(8-10)23-16(17,18)19/h4-6,8,20H,2-3,7,9H2,1H3. The molecule has 7 heteroatoms. The highest BCUT2D eigenvalue weighted by Crippen LogP contribution is 2.23. The molecule has 0 atom stereocenters. The van der Waals surface area contributed by atoms with Crippen molar-refractivity contribution < 1.29 is 17.9 Å². The summed E-state index contributed by atoms with van der Waals surface area (Å²) in [5.74, 6) is -0.326. The molecule has 2 rings (SSSR count). The molecule has 124 valence electrons. The largest absolute Gasteiger partial charge is 0.573 e. The molecule has 2 aromatic rings. The van der Waals surface area contributed by atoms with Crippen LogP contribution in [0, 0.1) is 0 Å². The van der Waals surface area contributed by atoms with E-state index in [0.29, 0.717) is 17.5 Å². The second-order valence-corrected chi connectivity index (χ2v) is 5.16. The summed E-state index contributed by atoms with van der Waals surface area (Å²) in [6.07, 6.45) is -2.53. The fourth-order valence-corrected chi connectivity index (χ4v) is 2.26. The van der Waals surface area contributed by atoms with Gasteiger partial charge in [0.25, 0.3) is 0 Å². The fourth-order valence-electron chi connectivity index (χ4n) is 2.26. The SMILES string of the molecule is CCCCc1c(NCc2cccc(OC(F)(F)F)c2)c(=O)c1=O. The predicted octanol–water partition coefficient (Wildman–Crippen LogP) is 3.14. The normalized spacial score (nSPS) is 11.7. The van der Waals surface area contributed by atoms with Crippen LogP contribution in [0.3, 0.4) is 0 Å². The molecule has 0 aliphatic rings. The number of hydrogen-bond acceptors (Lipinski definition) is 4. The van der Waals surface area contributed by atoms with Crippen LogP contribution in [0.15, 0.2) is 33.9 Å². The van der Waals surface area contributed by atoms with Gasteiger partial charge in [0.2, 0.25) is 10.9 Å². The summed E-state index contributed by atoms with van der Waals surface area (Å²) < 4.78 is 40.4. The van der Waals surface area contributed by atoms with Gasteiger partial charge in [-0.1, -0.05) is 25.5 Å². The van der Waals surface area contributed by atoms with Gasteiger partial charge in [0.05, 0.1) is 5.69 Å². The highest BCUT2D eigenvalue weighted by Gasteiger charge is 2.31. The average molecular weight is 327 g/mol. The van der Waals surface area contributed by atoms with Crippen molar-refractivity contribution in [3.05, 3.63) is 55.8 Å². The van der Waals surface area contributed by atoms with Crippen molar-refractivity contribution >= 4 is 5.69 Å². The number of benzene rings is 1. The van der Waals surface area contributed by atoms with Crippen molar-refractivity contribution in [3.8, 4) is 5.75 Å². The lowest BCUT2D eigenvalue weighted by atomic mass is 10.0. The molecule has 0 fully saturated rings. The van der Waals surface area contributed by atoms with E-state index in [1.165, 1.54) is 18.2 Å². The lowest BCUT2D eigenvalue weighted by Gasteiger charge is -2.14. The average Bonchev–Trinajstić information content (AvgIpc) is 2.48. The van der Waals surface area contributed by atoms with Gasteiger partial charge in [0.15, 0.2) is 0 Å². The van der Waals surface area contributed by atoms with Crippen LogP contribution in [0.1, 0.15) is 30.9 Å². The molecule has 23 heavy (non-hydrogen) atoms. The zero-order valence-corrected chi connectivity index (χ0v) is 12.5. The molecule has 0 unspecified atom stereocenters. The number of alkyl halides is 3. The van der Waals surface area contributed by atoms with Crippen molar-refractivity contribution in [3.63, 3.8) is 0 Å². The van der Waals surface area contributed by atoms with Crippen molar-refractivity contribution in [1.29, 1.82) is 0 Å². The summed E-state index contributed by atoms with van der Waals surface area (Å²) >= 11 is 0. The summed E-state index contributed by atoms with van der Waals surface area (Å²) in [5, 5.41) is 2.84. The van der Waals surface area contributed by atoms with E-state index in [1.807, 2.05) is 6.92 Å². The van der Waals surface area contributed by atoms with E-state index in [9.17, 15) is 22.8 Å². The molecular weight excluding hydrogens is 311 g/mol. The predicted molar refractivity (Wildman–Crippen MR) is 80.4 cm³/mol. The van der Waals surface area contributed by atoms with E-state index in [-0.39, 0.29) is 18.0 Å². The molecule has 0 saturated carbocycles. The van der Waals surface area contributed by atoms with Crippen LogP contribution in [0.2, 0.25) is 0 Å². The van der Waals surface area contributed by atoms with E-state index in [4.69, 9.17) is 0 Å². The minimum atomic E-state index is -4.75. The zero-order valence-electron chi connectivity index (χ0n) is 12.5. The molecule has 1 N–H and O–H groups in total. The summed E-state index contributed by atoms with van der Waals surface area (Å²) in [6, 6.07) is 5.46. The molecule has 0 amide bonds. The second kappa shape index (κ2) is 6.85. The summed E-state index contributed by atoms with van der Waals surface area (Å²) in [7, 11) is 0. The maximum absolute atomic E-state index is 12.2. The minimum absolute atomic E-state index is 0.138. The van der Waals surface area contributed by atoms with E-state index in [2.05, 4.69) is 10.1 Å². The number of hydrogen-bond donors (Lipinski definition) is 1. The lowest BCUT2D eigenvalue weighted by Crippen LogP contribution is -2.38. The number of unbranched alkanes of at least 4 members (excludes halogenated alkanes) is 1. The third kappa shape index (κ3) is 4.34. The van der Waals surface area contributed by atoms with Crippen LogP contribution >= 0.6 is 0 Å². The first-order valence-corrected chi connectivity index (χ1v) is 7.22. The molecule has 0 aromatic heterocycles. The van der Waals surface area contributed by atoms with Crippen LogP contribution in [0.4, 0.5) is 18.9 Å². The van der Waals surface area contributed by atoms with Gasteiger partial charge >= 0.3 is 6.36 Å². The first-order chi connectivity index (χ1) is 10.8. The Morgan fingerprint density at radius 3 is 2.57 bits per heavy atom. The Morgan fingerprint density at radius 1 is 1.17 bits per heavy atom. The Labute approximate surface area is 130 Å². The van der Waals surface area contributed by atoms with Crippen LogP contribution in [-0.4, -0.2) is 6.36 Å². The van der Waals surface area contributed by atoms with Crippen molar-refractivity contribution in [2.45, 2.75) is 39.1 Å². The van der Waals surface area contributed by atoms with Crippen molar-refractivity contribution in [1.82, 2.24) is 0 Å². The lowest BCUT2D eigenvalue weighted by molar-refractivity contribution is -0.274. The van der Waals surface area contributed by atoms with Gasteiger partial charge in [-0.3, -0.25) is 9.59 Å². The minimum Gasteiger partial charge on any atom is -0.406 e. The Bertz CT molecular complexity index is 746. The smallest absolute Gasteiger partial charge is 0.406 e. The molecule has 0 spiro atoms.